The summed E-state index contributed by atoms with van der Waals surface area (Å²) < 4.78 is 20.8. The van der Waals surface area contributed by atoms with Crippen LogP contribution in [0.4, 0.5) is 0 Å². The van der Waals surface area contributed by atoms with Gasteiger partial charge >= 0.3 is 0 Å². The molecule has 5 heteroatoms. The Balaban J connectivity index is 4.93. The number of methoxy groups -OCH3 is 4. The molecular weight excluding hydrogens is 210 g/mol. The molecule has 0 aliphatic rings. The van der Waals surface area contributed by atoms with Gasteiger partial charge in [-0.25, -0.2) is 0 Å². The second-order valence-electron chi connectivity index (χ2n) is 3.40. The molecule has 0 rings (SSSR count). The van der Waals surface area contributed by atoms with Crippen LogP contribution in [-0.2, 0) is 18.9 Å². The molecule has 0 radical (unpaired) electrons. The summed E-state index contributed by atoms with van der Waals surface area (Å²) in [6, 6.07) is 2.23. The predicted molar refractivity (Wildman–Crippen MR) is 58.5 cm³/mol. The van der Waals surface area contributed by atoms with Crippen LogP contribution in [0.1, 0.15) is 13.3 Å². The number of hydrogen-bond acceptors (Lipinski definition) is 5. The van der Waals surface area contributed by atoms with Crippen LogP contribution in [0.2, 0.25) is 0 Å². The van der Waals surface area contributed by atoms with Gasteiger partial charge in [0.2, 0.25) is 0 Å². The number of nitrogens with zero attached hydrogens (tertiary/aromatic N) is 1. The molecule has 0 aromatic rings. The molecule has 16 heavy (non-hydrogen) atoms. The predicted octanol–water partition coefficient (Wildman–Crippen LogP) is 1.39. The van der Waals surface area contributed by atoms with Gasteiger partial charge in [0.1, 0.15) is 0 Å². The van der Waals surface area contributed by atoms with Crippen molar-refractivity contribution in [1.29, 1.82) is 5.26 Å². The molecule has 94 valence electrons. The van der Waals surface area contributed by atoms with Crippen LogP contribution in [-0.4, -0.2) is 41.0 Å². The van der Waals surface area contributed by atoms with Gasteiger partial charge in [-0.1, -0.05) is 6.92 Å². The van der Waals surface area contributed by atoms with Gasteiger partial charge in [-0.2, -0.15) is 5.26 Å². The summed E-state index contributed by atoms with van der Waals surface area (Å²) in [5.74, 6) is -0.519. The Morgan fingerprint density at radius 1 is 0.938 bits per heavy atom. The van der Waals surface area contributed by atoms with Gasteiger partial charge in [-0.05, 0) is 6.42 Å². The molecule has 0 fully saturated rings. The van der Waals surface area contributed by atoms with Crippen LogP contribution in [0.25, 0.3) is 0 Å². The molecule has 0 N–H and O–H groups in total. The first-order valence-electron chi connectivity index (χ1n) is 5.20. The second kappa shape index (κ2) is 8.48. The number of nitriles is 1. The molecule has 0 aromatic heterocycles. The average Bonchev–Trinajstić information content (AvgIpc) is 2.33. The van der Waals surface area contributed by atoms with E-state index in [-0.39, 0.29) is 11.8 Å². The van der Waals surface area contributed by atoms with E-state index in [1.165, 1.54) is 28.4 Å². The van der Waals surface area contributed by atoms with Gasteiger partial charge in [0.05, 0.1) is 17.9 Å². The summed E-state index contributed by atoms with van der Waals surface area (Å²) in [4.78, 5) is 0. The van der Waals surface area contributed by atoms with E-state index in [0.717, 1.165) is 0 Å². The van der Waals surface area contributed by atoms with Gasteiger partial charge in [-0.15, -0.1) is 0 Å². The lowest BCUT2D eigenvalue weighted by Crippen LogP contribution is -2.41. The standard InChI is InChI=1S/C11H21NO4/c1-6-8(7-12)9(10(13-2)14-3)11(15-4)16-5/h8-11H,6H2,1-5H3/t8-/m0/s1. The van der Waals surface area contributed by atoms with E-state index in [9.17, 15) is 0 Å². The molecular formula is C11H21NO4. The monoisotopic (exact) mass is 231 g/mol. The Bertz CT molecular complexity index is 197. The van der Waals surface area contributed by atoms with E-state index in [0.29, 0.717) is 6.42 Å². The summed E-state index contributed by atoms with van der Waals surface area (Å²) in [5.41, 5.74) is 0. The van der Waals surface area contributed by atoms with Gasteiger partial charge in [0.15, 0.2) is 12.6 Å². The molecule has 0 aliphatic carbocycles. The van der Waals surface area contributed by atoms with E-state index in [1.54, 1.807) is 0 Å². The summed E-state index contributed by atoms with van der Waals surface area (Å²) in [6.07, 6.45) is -0.350. The van der Waals surface area contributed by atoms with E-state index in [2.05, 4.69) is 6.07 Å². The minimum atomic E-state index is -0.519. The Kier molecular flexibility index (Phi) is 8.12. The molecule has 0 heterocycles. The first-order valence-corrected chi connectivity index (χ1v) is 5.20. The zero-order valence-corrected chi connectivity index (χ0v) is 10.6. The van der Waals surface area contributed by atoms with E-state index >= 15 is 0 Å². The van der Waals surface area contributed by atoms with Gasteiger partial charge < -0.3 is 18.9 Å². The smallest absolute Gasteiger partial charge is 0.165 e. The van der Waals surface area contributed by atoms with E-state index in [1.807, 2.05) is 6.92 Å². The summed E-state index contributed by atoms with van der Waals surface area (Å²) >= 11 is 0. The SMILES string of the molecule is CC[C@@H](C#N)C(C(OC)OC)C(OC)OC. The molecule has 0 aromatic carbocycles. The molecule has 0 unspecified atom stereocenters. The summed E-state index contributed by atoms with van der Waals surface area (Å²) in [5, 5.41) is 9.10. The lowest BCUT2D eigenvalue weighted by atomic mass is 9.89. The Labute approximate surface area is 97.2 Å². The van der Waals surface area contributed by atoms with Crippen molar-refractivity contribution < 1.29 is 18.9 Å². The van der Waals surface area contributed by atoms with Crippen LogP contribution in [0.5, 0.6) is 0 Å². The third-order valence-corrected chi connectivity index (χ3v) is 2.63. The molecule has 0 saturated carbocycles. The van der Waals surface area contributed by atoms with Crippen molar-refractivity contribution in [3.8, 4) is 6.07 Å². The number of ether oxygens (including phenoxy) is 4. The first kappa shape index (κ1) is 15.3. The van der Waals surface area contributed by atoms with Gasteiger partial charge in [0, 0.05) is 28.4 Å². The van der Waals surface area contributed by atoms with Crippen molar-refractivity contribution in [2.45, 2.75) is 25.9 Å². The molecule has 0 saturated heterocycles. The largest absolute Gasteiger partial charge is 0.355 e. The highest BCUT2D eigenvalue weighted by atomic mass is 16.7. The number of hydrogen-bond donors (Lipinski definition) is 0. The average molecular weight is 231 g/mol. The van der Waals surface area contributed by atoms with Crippen LogP contribution in [0.15, 0.2) is 0 Å². The normalized spacial score (nSPS) is 13.4. The van der Waals surface area contributed by atoms with Crippen LogP contribution in [0.3, 0.4) is 0 Å². The Morgan fingerprint density at radius 2 is 1.31 bits per heavy atom. The highest BCUT2D eigenvalue weighted by Gasteiger charge is 2.36. The lowest BCUT2D eigenvalue weighted by Gasteiger charge is -2.32. The van der Waals surface area contributed by atoms with Crippen molar-refractivity contribution in [3.63, 3.8) is 0 Å². The number of rotatable bonds is 8. The summed E-state index contributed by atoms with van der Waals surface area (Å²) in [6.45, 7) is 1.94. The third kappa shape index (κ3) is 3.72. The van der Waals surface area contributed by atoms with Crippen molar-refractivity contribution in [2.75, 3.05) is 28.4 Å². The zero-order chi connectivity index (χ0) is 12.6. The Hall–Kier alpha value is -0.670. The molecule has 0 amide bonds. The summed E-state index contributed by atoms with van der Waals surface area (Å²) in [7, 11) is 6.14. The minimum Gasteiger partial charge on any atom is -0.355 e. The van der Waals surface area contributed by atoms with Crippen LogP contribution < -0.4 is 0 Å². The molecule has 5 nitrogen and oxygen atoms in total. The maximum Gasteiger partial charge on any atom is 0.165 e. The fraction of sp³-hybridized carbons (Fsp3) is 0.909. The first-order chi connectivity index (χ1) is 7.69. The van der Waals surface area contributed by atoms with Crippen molar-refractivity contribution in [3.05, 3.63) is 0 Å². The minimum absolute atomic E-state index is 0.241. The molecule has 0 bridgehead atoms. The van der Waals surface area contributed by atoms with Crippen LogP contribution in [0, 0.1) is 23.2 Å². The van der Waals surface area contributed by atoms with E-state index < -0.39 is 12.6 Å². The van der Waals surface area contributed by atoms with Gasteiger partial charge in [0.25, 0.3) is 0 Å². The zero-order valence-electron chi connectivity index (χ0n) is 10.6. The van der Waals surface area contributed by atoms with Crippen molar-refractivity contribution in [1.82, 2.24) is 0 Å². The molecule has 0 aliphatic heterocycles. The lowest BCUT2D eigenvalue weighted by molar-refractivity contribution is -0.230. The fourth-order valence-corrected chi connectivity index (χ4v) is 1.78. The quantitative estimate of drug-likeness (QED) is 0.591. The second-order valence-corrected chi connectivity index (χ2v) is 3.40. The highest BCUT2D eigenvalue weighted by Crippen LogP contribution is 2.27. The van der Waals surface area contributed by atoms with Gasteiger partial charge in [-0.3, -0.25) is 0 Å². The molecule has 1 atom stereocenters. The Morgan fingerprint density at radius 3 is 1.50 bits per heavy atom. The van der Waals surface area contributed by atoms with E-state index in [4.69, 9.17) is 24.2 Å². The van der Waals surface area contributed by atoms with Crippen molar-refractivity contribution in [2.24, 2.45) is 11.8 Å². The maximum absolute atomic E-state index is 9.10. The topological polar surface area (TPSA) is 60.7 Å². The maximum atomic E-state index is 9.10. The fourth-order valence-electron chi connectivity index (χ4n) is 1.78. The molecule has 0 spiro atoms. The third-order valence-electron chi connectivity index (χ3n) is 2.63. The highest BCUT2D eigenvalue weighted by molar-refractivity contribution is 4.90. The van der Waals surface area contributed by atoms with Crippen LogP contribution >= 0.6 is 0 Å². The van der Waals surface area contributed by atoms with Crippen molar-refractivity contribution >= 4 is 0 Å².